The average molecular weight is 290 g/mol. The molecule has 4 nitrogen and oxygen atoms in total. The molecule has 2 unspecified atom stereocenters. The Morgan fingerprint density at radius 1 is 1.38 bits per heavy atom. The Morgan fingerprint density at radius 3 is 2.71 bits per heavy atom. The Hall–Kier alpha value is -1.55. The highest BCUT2D eigenvalue weighted by atomic mass is 16.5. The maximum absolute atomic E-state index is 12.9. The summed E-state index contributed by atoms with van der Waals surface area (Å²) in [6, 6.07) is 7.86. The first-order valence-electron chi connectivity index (χ1n) is 7.65. The van der Waals surface area contributed by atoms with Crippen molar-refractivity contribution >= 4 is 5.91 Å². The van der Waals surface area contributed by atoms with Crippen LogP contribution in [0.5, 0.6) is 5.75 Å². The van der Waals surface area contributed by atoms with Gasteiger partial charge in [-0.25, -0.2) is 0 Å². The van der Waals surface area contributed by atoms with Gasteiger partial charge >= 0.3 is 0 Å². The summed E-state index contributed by atoms with van der Waals surface area (Å²) < 4.78 is 5.41. The van der Waals surface area contributed by atoms with Gasteiger partial charge in [-0.2, -0.15) is 0 Å². The van der Waals surface area contributed by atoms with Crippen molar-refractivity contribution in [1.82, 2.24) is 10.2 Å². The zero-order valence-electron chi connectivity index (χ0n) is 13.5. The third-order valence-corrected chi connectivity index (χ3v) is 4.58. The summed E-state index contributed by atoms with van der Waals surface area (Å²) in [6.07, 6.45) is 3.15. The molecule has 1 aliphatic rings. The number of hydrogen-bond donors (Lipinski definition) is 1. The fourth-order valence-corrected chi connectivity index (χ4v) is 3.02. The molecule has 0 spiro atoms. The van der Waals surface area contributed by atoms with Crippen LogP contribution in [0.4, 0.5) is 0 Å². The summed E-state index contributed by atoms with van der Waals surface area (Å²) in [7, 11) is 3.54. The molecule has 1 N–H and O–H groups in total. The van der Waals surface area contributed by atoms with Crippen LogP contribution in [-0.2, 0) is 4.79 Å². The molecule has 1 heterocycles. The first-order chi connectivity index (χ1) is 9.99. The molecule has 0 aromatic heterocycles. The van der Waals surface area contributed by atoms with Crippen LogP contribution in [0.3, 0.4) is 0 Å². The summed E-state index contributed by atoms with van der Waals surface area (Å²) in [5.41, 5.74) is 0.596. The Morgan fingerprint density at radius 2 is 2.10 bits per heavy atom. The first kappa shape index (κ1) is 15.8. The molecule has 0 radical (unpaired) electrons. The molecule has 0 bridgehead atoms. The third kappa shape index (κ3) is 3.21. The van der Waals surface area contributed by atoms with Gasteiger partial charge in [0.1, 0.15) is 5.75 Å². The molecule has 1 aromatic carbocycles. The topological polar surface area (TPSA) is 41.6 Å². The quantitative estimate of drug-likeness (QED) is 0.927. The largest absolute Gasteiger partial charge is 0.496 e. The van der Waals surface area contributed by atoms with Crippen molar-refractivity contribution in [2.75, 3.05) is 20.7 Å². The lowest BCUT2D eigenvalue weighted by Gasteiger charge is -2.39. The molecule has 1 saturated heterocycles. The number of rotatable bonds is 4. The molecule has 2 rings (SSSR count). The number of hydrogen-bond acceptors (Lipinski definition) is 3. The zero-order chi connectivity index (χ0) is 15.5. The van der Waals surface area contributed by atoms with Crippen molar-refractivity contribution in [3.8, 4) is 5.75 Å². The molecular formula is C17H26N2O2. The maximum atomic E-state index is 12.9. The van der Waals surface area contributed by atoms with Gasteiger partial charge in [0.05, 0.1) is 18.7 Å². The minimum atomic E-state index is -0.441. The van der Waals surface area contributed by atoms with E-state index < -0.39 is 5.54 Å². The van der Waals surface area contributed by atoms with Crippen LogP contribution in [-0.4, -0.2) is 37.0 Å². The highest BCUT2D eigenvalue weighted by Gasteiger charge is 2.38. The smallest absolute Gasteiger partial charge is 0.242 e. The minimum Gasteiger partial charge on any atom is -0.496 e. The van der Waals surface area contributed by atoms with Crippen LogP contribution in [0, 0.1) is 0 Å². The minimum absolute atomic E-state index is 0.0193. The predicted molar refractivity (Wildman–Crippen MR) is 84.4 cm³/mol. The monoisotopic (exact) mass is 290 g/mol. The molecule has 1 aliphatic heterocycles. The average Bonchev–Trinajstić information content (AvgIpc) is 2.53. The number of nitrogens with one attached hydrogen (secondary N) is 1. The van der Waals surface area contributed by atoms with E-state index in [1.165, 1.54) is 0 Å². The molecule has 1 aromatic rings. The van der Waals surface area contributed by atoms with Gasteiger partial charge in [-0.15, -0.1) is 0 Å². The lowest BCUT2D eigenvalue weighted by Crippen LogP contribution is -2.57. The Balaban J connectivity index is 2.18. The summed E-state index contributed by atoms with van der Waals surface area (Å²) in [4.78, 5) is 14.7. The van der Waals surface area contributed by atoms with E-state index in [0.717, 1.165) is 37.1 Å². The van der Waals surface area contributed by atoms with Crippen LogP contribution < -0.4 is 10.1 Å². The van der Waals surface area contributed by atoms with Crippen LogP contribution in [0.15, 0.2) is 24.3 Å². The van der Waals surface area contributed by atoms with Crippen molar-refractivity contribution in [2.24, 2.45) is 0 Å². The van der Waals surface area contributed by atoms with Gasteiger partial charge in [-0.3, -0.25) is 4.79 Å². The highest BCUT2D eigenvalue weighted by molar-refractivity contribution is 5.86. The molecule has 1 amide bonds. The van der Waals surface area contributed by atoms with E-state index in [1.807, 2.05) is 50.1 Å². The molecule has 0 aliphatic carbocycles. The van der Waals surface area contributed by atoms with Crippen LogP contribution in [0.2, 0.25) is 0 Å². The number of methoxy groups -OCH3 is 1. The summed E-state index contributed by atoms with van der Waals surface area (Å²) in [5, 5.41) is 3.39. The number of para-hydroxylation sites is 1. The standard InChI is InChI=1S/C17H26N2O2/c1-13(14-9-5-6-10-15(14)21-4)19(3)16(20)17(2)11-7-8-12-18-17/h5-6,9-10,13,18H,7-8,11-12H2,1-4H3. The second-order valence-corrected chi connectivity index (χ2v) is 6.05. The van der Waals surface area contributed by atoms with Gasteiger partial charge in [0.25, 0.3) is 0 Å². The SMILES string of the molecule is COc1ccccc1C(C)N(C)C(=O)C1(C)CCCCN1. The molecule has 116 valence electrons. The third-order valence-electron chi connectivity index (χ3n) is 4.58. The Labute approximate surface area is 127 Å². The molecule has 4 heteroatoms. The van der Waals surface area contributed by atoms with E-state index in [-0.39, 0.29) is 11.9 Å². The van der Waals surface area contributed by atoms with Gasteiger partial charge in [0.15, 0.2) is 0 Å². The van der Waals surface area contributed by atoms with Crippen molar-refractivity contribution in [3.63, 3.8) is 0 Å². The number of likely N-dealkylation sites (N-methyl/N-ethyl adjacent to an activating group) is 1. The van der Waals surface area contributed by atoms with Crippen molar-refractivity contribution < 1.29 is 9.53 Å². The van der Waals surface area contributed by atoms with Crippen molar-refractivity contribution in [3.05, 3.63) is 29.8 Å². The molecule has 1 fully saturated rings. The van der Waals surface area contributed by atoms with Crippen LogP contribution in [0.1, 0.15) is 44.7 Å². The van der Waals surface area contributed by atoms with Crippen LogP contribution in [0.25, 0.3) is 0 Å². The molecule has 2 atom stereocenters. The lowest BCUT2D eigenvalue weighted by atomic mass is 9.89. The van der Waals surface area contributed by atoms with E-state index in [2.05, 4.69) is 5.32 Å². The fraction of sp³-hybridized carbons (Fsp3) is 0.588. The van der Waals surface area contributed by atoms with Crippen LogP contribution >= 0.6 is 0 Å². The highest BCUT2D eigenvalue weighted by Crippen LogP contribution is 2.30. The van der Waals surface area contributed by atoms with Gasteiger partial charge in [-0.05, 0) is 45.7 Å². The molecular weight excluding hydrogens is 264 g/mol. The first-order valence-corrected chi connectivity index (χ1v) is 7.65. The zero-order valence-corrected chi connectivity index (χ0v) is 13.5. The normalized spacial score (nSPS) is 23.4. The van der Waals surface area contributed by atoms with E-state index >= 15 is 0 Å². The Kier molecular flexibility index (Phi) is 4.88. The summed E-state index contributed by atoms with van der Waals surface area (Å²) >= 11 is 0. The van der Waals surface area contributed by atoms with E-state index in [0.29, 0.717) is 0 Å². The van der Waals surface area contributed by atoms with Crippen molar-refractivity contribution in [1.29, 1.82) is 0 Å². The number of piperidine rings is 1. The molecule has 0 saturated carbocycles. The summed E-state index contributed by atoms with van der Waals surface area (Å²) in [6.45, 7) is 4.97. The number of benzene rings is 1. The second kappa shape index (κ2) is 6.48. The van der Waals surface area contributed by atoms with Gasteiger partial charge in [0.2, 0.25) is 5.91 Å². The van der Waals surface area contributed by atoms with Gasteiger partial charge in [0, 0.05) is 12.6 Å². The fourth-order valence-electron chi connectivity index (χ4n) is 3.02. The van der Waals surface area contributed by atoms with E-state index in [1.54, 1.807) is 7.11 Å². The van der Waals surface area contributed by atoms with E-state index in [9.17, 15) is 4.79 Å². The van der Waals surface area contributed by atoms with Gasteiger partial charge < -0.3 is 15.0 Å². The van der Waals surface area contributed by atoms with Gasteiger partial charge in [-0.1, -0.05) is 18.2 Å². The Bertz CT molecular complexity index is 495. The van der Waals surface area contributed by atoms with E-state index in [4.69, 9.17) is 4.74 Å². The number of carbonyl (C=O) groups excluding carboxylic acids is 1. The second-order valence-electron chi connectivity index (χ2n) is 6.05. The number of carbonyl (C=O) groups is 1. The summed E-state index contributed by atoms with van der Waals surface area (Å²) in [5.74, 6) is 0.979. The predicted octanol–water partition coefficient (Wildman–Crippen LogP) is 2.75. The maximum Gasteiger partial charge on any atom is 0.242 e. The molecule has 21 heavy (non-hydrogen) atoms. The number of amides is 1. The number of nitrogens with zero attached hydrogens (tertiary/aromatic N) is 1. The lowest BCUT2D eigenvalue weighted by molar-refractivity contribution is -0.139. The number of ether oxygens (including phenoxy) is 1. The van der Waals surface area contributed by atoms with Crippen molar-refractivity contribution in [2.45, 2.75) is 44.7 Å².